The van der Waals surface area contributed by atoms with Crippen LogP contribution in [0.25, 0.3) is 0 Å². The van der Waals surface area contributed by atoms with Gasteiger partial charge in [-0.2, -0.15) is 0 Å². The summed E-state index contributed by atoms with van der Waals surface area (Å²) in [7, 11) is 0. The quantitative estimate of drug-likeness (QED) is 0.850. The SMILES string of the molecule is CCN(C(=O)COC(=O)c1cc(Cl)c[nH]1)C1=CCCC1. The number of aromatic amines is 1. The maximum Gasteiger partial charge on any atom is 0.355 e. The molecule has 1 aromatic heterocycles. The van der Waals surface area contributed by atoms with Crippen LogP contribution < -0.4 is 0 Å². The smallest absolute Gasteiger partial charge is 0.355 e. The topological polar surface area (TPSA) is 62.4 Å². The summed E-state index contributed by atoms with van der Waals surface area (Å²) in [4.78, 5) is 28.1. The maximum atomic E-state index is 12.1. The highest BCUT2D eigenvalue weighted by atomic mass is 35.5. The third kappa shape index (κ3) is 3.42. The van der Waals surface area contributed by atoms with Crippen LogP contribution >= 0.6 is 11.6 Å². The summed E-state index contributed by atoms with van der Waals surface area (Å²) in [6, 6.07) is 1.46. The van der Waals surface area contributed by atoms with Crippen LogP contribution in [0.1, 0.15) is 36.7 Å². The number of esters is 1. The molecule has 0 spiro atoms. The molecule has 20 heavy (non-hydrogen) atoms. The Kier molecular flexibility index (Phi) is 4.84. The number of hydrogen-bond acceptors (Lipinski definition) is 3. The average molecular weight is 297 g/mol. The van der Waals surface area contributed by atoms with Crippen molar-refractivity contribution in [3.05, 3.63) is 34.8 Å². The molecule has 0 bridgehead atoms. The second kappa shape index (κ2) is 6.61. The average Bonchev–Trinajstić information content (AvgIpc) is 3.08. The van der Waals surface area contributed by atoms with Gasteiger partial charge < -0.3 is 14.6 Å². The third-order valence-corrected chi connectivity index (χ3v) is 3.39. The Morgan fingerprint density at radius 1 is 1.50 bits per heavy atom. The molecule has 5 nitrogen and oxygen atoms in total. The van der Waals surface area contributed by atoms with E-state index in [0.717, 1.165) is 25.0 Å². The summed E-state index contributed by atoms with van der Waals surface area (Å²) in [6.45, 7) is 2.22. The lowest BCUT2D eigenvalue weighted by molar-refractivity contribution is -0.132. The fourth-order valence-corrected chi connectivity index (χ4v) is 2.37. The molecular weight excluding hydrogens is 280 g/mol. The van der Waals surface area contributed by atoms with Crippen LogP contribution in [-0.4, -0.2) is 34.9 Å². The van der Waals surface area contributed by atoms with Crippen LogP contribution in [0.3, 0.4) is 0 Å². The largest absolute Gasteiger partial charge is 0.451 e. The zero-order chi connectivity index (χ0) is 14.5. The molecule has 108 valence electrons. The Morgan fingerprint density at radius 3 is 2.85 bits per heavy atom. The molecule has 1 aromatic rings. The molecule has 0 saturated carbocycles. The van der Waals surface area contributed by atoms with Crippen LogP contribution in [0.4, 0.5) is 0 Å². The van der Waals surface area contributed by atoms with Gasteiger partial charge in [0.1, 0.15) is 5.69 Å². The van der Waals surface area contributed by atoms with Crippen LogP contribution in [0.2, 0.25) is 5.02 Å². The minimum atomic E-state index is -0.582. The second-order valence-electron chi connectivity index (χ2n) is 4.53. The monoisotopic (exact) mass is 296 g/mol. The molecule has 0 atom stereocenters. The van der Waals surface area contributed by atoms with Gasteiger partial charge in [-0.15, -0.1) is 0 Å². The van der Waals surface area contributed by atoms with Crippen molar-refractivity contribution in [2.24, 2.45) is 0 Å². The minimum Gasteiger partial charge on any atom is -0.451 e. The van der Waals surface area contributed by atoms with E-state index in [1.807, 2.05) is 6.92 Å². The first-order chi connectivity index (χ1) is 9.61. The number of likely N-dealkylation sites (N-methyl/N-ethyl adjacent to an activating group) is 1. The first-order valence-electron chi connectivity index (χ1n) is 6.62. The highest BCUT2D eigenvalue weighted by Gasteiger charge is 2.20. The van der Waals surface area contributed by atoms with E-state index in [-0.39, 0.29) is 18.2 Å². The van der Waals surface area contributed by atoms with E-state index in [9.17, 15) is 9.59 Å². The van der Waals surface area contributed by atoms with Crippen molar-refractivity contribution in [1.29, 1.82) is 0 Å². The van der Waals surface area contributed by atoms with Gasteiger partial charge in [0.25, 0.3) is 5.91 Å². The molecule has 0 aliphatic heterocycles. The van der Waals surface area contributed by atoms with Gasteiger partial charge in [-0.3, -0.25) is 4.79 Å². The van der Waals surface area contributed by atoms with Crippen molar-refractivity contribution in [2.75, 3.05) is 13.2 Å². The summed E-state index contributed by atoms with van der Waals surface area (Å²) in [5.41, 5.74) is 1.27. The second-order valence-corrected chi connectivity index (χ2v) is 4.97. The normalized spacial score (nSPS) is 14.0. The van der Waals surface area contributed by atoms with Crippen LogP contribution in [-0.2, 0) is 9.53 Å². The molecule has 1 heterocycles. The lowest BCUT2D eigenvalue weighted by atomic mass is 10.3. The Balaban J connectivity index is 1.89. The summed E-state index contributed by atoms with van der Waals surface area (Å²) in [6.07, 6.45) is 6.52. The lowest BCUT2D eigenvalue weighted by Crippen LogP contribution is -2.33. The van der Waals surface area contributed by atoms with Gasteiger partial charge in [-0.1, -0.05) is 17.7 Å². The number of nitrogens with zero attached hydrogens (tertiary/aromatic N) is 1. The number of aromatic nitrogens is 1. The van der Waals surface area contributed by atoms with Gasteiger partial charge >= 0.3 is 5.97 Å². The predicted octanol–water partition coefficient (Wildman–Crippen LogP) is 2.74. The first kappa shape index (κ1) is 14.7. The summed E-state index contributed by atoms with van der Waals surface area (Å²) in [5, 5.41) is 0.426. The number of carbonyl (C=O) groups is 2. The minimum absolute atomic E-state index is 0.202. The number of rotatable bonds is 5. The molecule has 1 aliphatic carbocycles. The Hall–Kier alpha value is -1.75. The van der Waals surface area contributed by atoms with Crippen LogP contribution in [0.5, 0.6) is 0 Å². The van der Waals surface area contributed by atoms with Gasteiger partial charge in [-0.25, -0.2) is 4.79 Å². The summed E-state index contributed by atoms with van der Waals surface area (Å²) < 4.78 is 5.00. The highest BCUT2D eigenvalue weighted by molar-refractivity contribution is 6.30. The zero-order valence-electron chi connectivity index (χ0n) is 11.3. The van der Waals surface area contributed by atoms with Crippen molar-refractivity contribution in [2.45, 2.75) is 26.2 Å². The number of hydrogen-bond donors (Lipinski definition) is 1. The fraction of sp³-hybridized carbons (Fsp3) is 0.429. The Bertz CT molecular complexity index is 536. The number of halogens is 1. The van der Waals surface area contributed by atoms with Crippen molar-refractivity contribution < 1.29 is 14.3 Å². The van der Waals surface area contributed by atoms with Gasteiger partial charge in [0, 0.05) is 18.4 Å². The van der Waals surface area contributed by atoms with E-state index in [4.69, 9.17) is 16.3 Å². The molecule has 0 aromatic carbocycles. The molecule has 1 amide bonds. The van der Waals surface area contributed by atoms with Crippen molar-refractivity contribution in [3.63, 3.8) is 0 Å². The zero-order valence-corrected chi connectivity index (χ0v) is 12.1. The molecule has 2 rings (SSSR count). The molecule has 1 N–H and O–H groups in total. The fourth-order valence-electron chi connectivity index (χ4n) is 2.21. The number of allylic oxidation sites excluding steroid dienone is 2. The molecule has 6 heteroatoms. The number of nitrogens with one attached hydrogen (secondary N) is 1. The lowest BCUT2D eigenvalue weighted by Gasteiger charge is -2.21. The summed E-state index contributed by atoms with van der Waals surface area (Å²) >= 11 is 5.70. The first-order valence-corrected chi connectivity index (χ1v) is 7.00. The molecule has 0 radical (unpaired) electrons. The van der Waals surface area contributed by atoms with Crippen molar-refractivity contribution >= 4 is 23.5 Å². The predicted molar refractivity (Wildman–Crippen MR) is 75.4 cm³/mol. The molecule has 1 aliphatic rings. The van der Waals surface area contributed by atoms with E-state index in [1.54, 1.807) is 4.90 Å². The summed E-state index contributed by atoms with van der Waals surface area (Å²) in [5.74, 6) is -0.784. The molecule has 0 unspecified atom stereocenters. The molecule has 0 saturated heterocycles. The van der Waals surface area contributed by atoms with Gasteiger partial charge in [0.05, 0.1) is 5.02 Å². The molecule has 0 fully saturated rings. The molecular formula is C14H17ClN2O3. The third-order valence-electron chi connectivity index (χ3n) is 3.18. The Morgan fingerprint density at radius 2 is 2.30 bits per heavy atom. The number of H-pyrrole nitrogens is 1. The van der Waals surface area contributed by atoms with E-state index in [1.165, 1.54) is 12.3 Å². The Labute approximate surface area is 122 Å². The van der Waals surface area contributed by atoms with E-state index >= 15 is 0 Å². The number of amides is 1. The van der Waals surface area contributed by atoms with E-state index in [0.29, 0.717) is 11.6 Å². The van der Waals surface area contributed by atoms with Gasteiger partial charge in [-0.05, 0) is 32.3 Å². The standard InChI is InChI=1S/C14H17ClN2O3/c1-2-17(11-5-3-4-6-11)13(18)9-20-14(19)12-7-10(15)8-16-12/h5,7-8,16H,2-4,6,9H2,1H3. The van der Waals surface area contributed by atoms with Gasteiger partial charge in [0.2, 0.25) is 0 Å². The number of ether oxygens (including phenoxy) is 1. The highest BCUT2D eigenvalue weighted by Crippen LogP contribution is 2.21. The van der Waals surface area contributed by atoms with E-state index < -0.39 is 5.97 Å². The van der Waals surface area contributed by atoms with Gasteiger partial charge in [0.15, 0.2) is 6.61 Å². The van der Waals surface area contributed by atoms with Crippen LogP contribution in [0.15, 0.2) is 24.0 Å². The van der Waals surface area contributed by atoms with Crippen molar-refractivity contribution in [3.8, 4) is 0 Å². The maximum absolute atomic E-state index is 12.1. The van der Waals surface area contributed by atoms with Crippen LogP contribution in [0, 0.1) is 0 Å². The van der Waals surface area contributed by atoms with E-state index in [2.05, 4.69) is 11.1 Å². The van der Waals surface area contributed by atoms with Crippen molar-refractivity contribution in [1.82, 2.24) is 9.88 Å². The number of carbonyl (C=O) groups excluding carboxylic acids is 2.